The van der Waals surface area contributed by atoms with E-state index in [9.17, 15) is 4.39 Å². The minimum absolute atomic E-state index is 0. The molecule has 6 heteroatoms. The molecular formula is C11H13ClFNO3. The Morgan fingerprint density at radius 1 is 1.41 bits per heavy atom. The van der Waals surface area contributed by atoms with Crippen LogP contribution in [0.2, 0.25) is 0 Å². The molecule has 1 aromatic carbocycles. The molecule has 0 radical (unpaired) electrons. The van der Waals surface area contributed by atoms with Crippen molar-refractivity contribution in [2.75, 3.05) is 19.9 Å². The van der Waals surface area contributed by atoms with Gasteiger partial charge in [0.15, 0.2) is 11.5 Å². The van der Waals surface area contributed by atoms with E-state index in [-0.39, 0.29) is 38.2 Å². The van der Waals surface area contributed by atoms with Gasteiger partial charge in [-0.25, -0.2) is 4.39 Å². The molecule has 0 saturated heterocycles. The topological polar surface area (TPSA) is 53.7 Å². The lowest BCUT2D eigenvalue weighted by molar-refractivity contribution is 0.173. The second-order valence-corrected chi connectivity index (χ2v) is 3.19. The lowest BCUT2D eigenvalue weighted by Crippen LogP contribution is -2.01. The highest BCUT2D eigenvalue weighted by molar-refractivity contribution is 5.85. The number of benzene rings is 1. The van der Waals surface area contributed by atoms with E-state index >= 15 is 0 Å². The van der Waals surface area contributed by atoms with Crippen LogP contribution in [0.5, 0.6) is 17.2 Å². The number of hydrogen-bond acceptors (Lipinski definition) is 4. The Labute approximate surface area is 105 Å². The molecule has 0 spiro atoms. The summed E-state index contributed by atoms with van der Waals surface area (Å²) in [5.74, 6) is 1.43. The van der Waals surface area contributed by atoms with Gasteiger partial charge >= 0.3 is 0 Å². The molecule has 0 aliphatic carbocycles. The normalized spacial score (nSPS) is 13.2. The van der Waals surface area contributed by atoms with Crippen LogP contribution in [0, 0.1) is 0 Å². The second-order valence-electron chi connectivity index (χ2n) is 3.19. The van der Waals surface area contributed by atoms with Crippen molar-refractivity contribution in [2.24, 2.45) is 5.73 Å². The first-order chi connectivity index (χ1) is 7.79. The van der Waals surface area contributed by atoms with Crippen molar-refractivity contribution < 1.29 is 18.6 Å². The van der Waals surface area contributed by atoms with Gasteiger partial charge < -0.3 is 19.9 Å². The smallest absolute Gasteiger partial charge is 0.231 e. The maximum absolute atomic E-state index is 13.0. The summed E-state index contributed by atoms with van der Waals surface area (Å²) in [6.07, 6.45) is 1.27. The third kappa shape index (κ3) is 3.51. The lowest BCUT2D eigenvalue weighted by Gasteiger charge is -2.05. The molecule has 17 heavy (non-hydrogen) atoms. The van der Waals surface area contributed by atoms with Gasteiger partial charge in [-0.1, -0.05) is 0 Å². The highest BCUT2D eigenvalue weighted by atomic mass is 35.5. The molecule has 1 aliphatic rings. The Morgan fingerprint density at radius 3 is 2.94 bits per heavy atom. The van der Waals surface area contributed by atoms with E-state index in [1.807, 2.05) is 0 Å². The Bertz CT molecular complexity index is 412. The van der Waals surface area contributed by atoms with Gasteiger partial charge in [-0.2, -0.15) is 0 Å². The first-order valence-electron chi connectivity index (χ1n) is 4.86. The Balaban J connectivity index is 0.00000144. The standard InChI is InChI=1S/C11H12FNO3.ClH/c12-8(3-4-13)6-14-9-1-2-10-11(5-9)16-7-15-10;/h1-3,5H,4,6-7,13H2;1H. The van der Waals surface area contributed by atoms with Crippen LogP contribution in [0.4, 0.5) is 4.39 Å². The number of fused-ring (bicyclic) bond motifs is 1. The van der Waals surface area contributed by atoms with E-state index in [1.165, 1.54) is 6.08 Å². The Morgan fingerprint density at radius 2 is 2.18 bits per heavy atom. The second kappa shape index (κ2) is 6.32. The summed E-state index contributed by atoms with van der Waals surface area (Å²) >= 11 is 0. The molecule has 94 valence electrons. The number of hydrogen-bond donors (Lipinski definition) is 1. The molecule has 1 aromatic rings. The van der Waals surface area contributed by atoms with Crippen molar-refractivity contribution in [2.45, 2.75) is 0 Å². The molecule has 0 atom stereocenters. The zero-order valence-corrected chi connectivity index (χ0v) is 9.84. The number of nitrogens with two attached hydrogens (primary N) is 1. The van der Waals surface area contributed by atoms with Crippen LogP contribution in [-0.2, 0) is 0 Å². The van der Waals surface area contributed by atoms with E-state index in [0.717, 1.165) is 0 Å². The van der Waals surface area contributed by atoms with Crippen molar-refractivity contribution in [3.05, 3.63) is 30.1 Å². The summed E-state index contributed by atoms with van der Waals surface area (Å²) < 4.78 is 28.5. The minimum Gasteiger partial charge on any atom is -0.486 e. The van der Waals surface area contributed by atoms with Crippen LogP contribution in [-0.4, -0.2) is 19.9 Å². The summed E-state index contributed by atoms with van der Waals surface area (Å²) in [6, 6.07) is 5.09. The molecule has 0 unspecified atom stereocenters. The molecule has 4 nitrogen and oxygen atoms in total. The van der Waals surface area contributed by atoms with Crippen molar-refractivity contribution in [3.8, 4) is 17.2 Å². The molecule has 0 fully saturated rings. The van der Waals surface area contributed by atoms with Crippen LogP contribution in [0.15, 0.2) is 30.1 Å². The number of halogens is 2. The molecule has 1 heterocycles. The number of ether oxygens (including phenoxy) is 3. The molecule has 0 bridgehead atoms. The highest BCUT2D eigenvalue weighted by Crippen LogP contribution is 2.35. The van der Waals surface area contributed by atoms with Crippen molar-refractivity contribution in [1.29, 1.82) is 0 Å². The monoisotopic (exact) mass is 261 g/mol. The Kier molecular flexibility index (Phi) is 5.06. The zero-order valence-electron chi connectivity index (χ0n) is 9.02. The highest BCUT2D eigenvalue weighted by Gasteiger charge is 2.13. The van der Waals surface area contributed by atoms with E-state index in [0.29, 0.717) is 17.2 Å². The fourth-order valence-corrected chi connectivity index (χ4v) is 1.31. The SMILES string of the molecule is Cl.NCC=C(F)COc1ccc2c(c1)OCO2. The average Bonchev–Trinajstić information content (AvgIpc) is 2.74. The third-order valence-corrected chi connectivity index (χ3v) is 2.06. The molecule has 1 aliphatic heterocycles. The summed E-state index contributed by atoms with van der Waals surface area (Å²) in [4.78, 5) is 0. The molecule has 2 N–H and O–H groups in total. The van der Waals surface area contributed by atoms with Gasteiger partial charge in [0.2, 0.25) is 6.79 Å². The maximum atomic E-state index is 13.0. The van der Waals surface area contributed by atoms with Crippen LogP contribution in [0.25, 0.3) is 0 Å². The van der Waals surface area contributed by atoms with Gasteiger partial charge in [-0.15, -0.1) is 12.4 Å². The van der Waals surface area contributed by atoms with Gasteiger partial charge in [-0.05, 0) is 18.2 Å². The van der Waals surface area contributed by atoms with Crippen LogP contribution in [0.1, 0.15) is 0 Å². The molecule has 0 saturated carbocycles. The van der Waals surface area contributed by atoms with Gasteiger partial charge in [0.05, 0.1) is 0 Å². The maximum Gasteiger partial charge on any atom is 0.231 e. The van der Waals surface area contributed by atoms with Gasteiger partial charge in [-0.3, -0.25) is 0 Å². The fraction of sp³-hybridized carbons (Fsp3) is 0.273. The van der Waals surface area contributed by atoms with Crippen molar-refractivity contribution in [1.82, 2.24) is 0 Å². The molecule has 0 amide bonds. The van der Waals surface area contributed by atoms with Gasteiger partial charge in [0.25, 0.3) is 0 Å². The molecule has 0 aromatic heterocycles. The van der Waals surface area contributed by atoms with E-state index < -0.39 is 0 Å². The predicted molar refractivity (Wildman–Crippen MR) is 63.6 cm³/mol. The van der Waals surface area contributed by atoms with E-state index in [2.05, 4.69) is 0 Å². The third-order valence-electron chi connectivity index (χ3n) is 2.06. The predicted octanol–water partition coefficient (Wildman–Crippen LogP) is 2.03. The van der Waals surface area contributed by atoms with Crippen LogP contribution >= 0.6 is 12.4 Å². The van der Waals surface area contributed by atoms with Crippen molar-refractivity contribution in [3.63, 3.8) is 0 Å². The summed E-state index contributed by atoms with van der Waals surface area (Å²) in [6.45, 7) is 0.243. The van der Waals surface area contributed by atoms with Crippen molar-refractivity contribution >= 4 is 12.4 Å². The van der Waals surface area contributed by atoms with Gasteiger partial charge in [0.1, 0.15) is 18.2 Å². The van der Waals surface area contributed by atoms with Crippen LogP contribution < -0.4 is 19.9 Å². The summed E-state index contributed by atoms with van der Waals surface area (Å²) in [7, 11) is 0. The average molecular weight is 262 g/mol. The van der Waals surface area contributed by atoms with Crippen LogP contribution in [0.3, 0.4) is 0 Å². The fourth-order valence-electron chi connectivity index (χ4n) is 1.31. The number of rotatable bonds is 4. The van der Waals surface area contributed by atoms with E-state index in [1.54, 1.807) is 18.2 Å². The summed E-state index contributed by atoms with van der Waals surface area (Å²) in [5, 5.41) is 0. The van der Waals surface area contributed by atoms with E-state index in [4.69, 9.17) is 19.9 Å². The summed E-state index contributed by atoms with van der Waals surface area (Å²) in [5.41, 5.74) is 5.16. The first kappa shape index (κ1) is 13.6. The lowest BCUT2D eigenvalue weighted by atomic mass is 10.3. The molecular weight excluding hydrogens is 249 g/mol. The Hall–Kier alpha value is -1.46. The zero-order chi connectivity index (χ0) is 11.4. The largest absolute Gasteiger partial charge is 0.486 e. The first-order valence-corrected chi connectivity index (χ1v) is 4.86. The quantitative estimate of drug-likeness (QED) is 0.901. The minimum atomic E-state index is -0.389. The molecule has 2 rings (SSSR count). The van der Waals surface area contributed by atoms with Gasteiger partial charge in [0, 0.05) is 12.6 Å².